The largest absolute Gasteiger partial charge is 0.369 e. The lowest BCUT2D eigenvalue weighted by Gasteiger charge is -2.16. The molecule has 1 aliphatic rings. The molecule has 0 bridgehead atoms. The van der Waals surface area contributed by atoms with Gasteiger partial charge in [-0.1, -0.05) is 0 Å². The third kappa shape index (κ3) is 1.77. The number of H-pyrrole nitrogens is 1. The number of anilines is 2. The van der Waals surface area contributed by atoms with E-state index in [1.807, 2.05) is 0 Å². The molecule has 17 heavy (non-hydrogen) atoms. The van der Waals surface area contributed by atoms with Crippen LogP contribution in [0.3, 0.4) is 0 Å². The number of pyridine rings is 1. The SMILES string of the molecule is Nc1nc2nc(N3CCC(F)(F)C3)ccc2[nH]1. The van der Waals surface area contributed by atoms with Crippen LogP contribution >= 0.6 is 0 Å². The first-order valence-corrected chi connectivity index (χ1v) is 5.28. The fourth-order valence-corrected chi connectivity index (χ4v) is 2.01. The number of fused-ring (bicyclic) bond motifs is 1. The van der Waals surface area contributed by atoms with E-state index in [2.05, 4.69) is 15.0 Å². The lowest BCUT2D eigenvalue weighted by atomic mass is 10.3. The van der Waals surface area contributed by atoms with Crippen LogP contribution in [-0.4, -0.2) is 34.0 Å². The van der Waals surface area contributed by atoms with Crippen LogP contribution in [0.2, 0.25) is 0 Å². The van der Waals surface area contributed by atoms with Crippen molar-refractivity contribution in [1.82, 2.24) is 15.0 Å². The molecule has 5 nitrogen and oxygen atoms in total. The van der Waals surface area contributed by atoms with Gasteiger partial charge < -0.3 is 15.6 Å². The van der Waals surface area contributed by atoms with E-state index in [0.717, 1.165) is 0 Å². The summed E-state index contributed by atoms with van der Waals surface area (Å²) in [5, 5.41) is 0. The van der Waals surface area contributed by atoms with Crippen molar-refractivity contribution in [1.29, 1.82) is 0 Å². The standard InChI is InChI=1S/C10H11F2N5/c11-10(12)3-4-17(5-10)7-2-1-6-8(15-7)16-9(13)14-6/h1-2H,3-5H2,(H3,13,14,15,16). The molecule has 0 unspecified atom stereocenters. The van der Waals surface area contributed by atoms with Gasteiger partial charge in [-0.15, -0.1) is 0 Å². The Labute approximate surface area is 95.6 Å². The number of imidazole rings is 1. The van der Waals surface area contributed by atoms with Crippen molar-refractivity contribution in [3.05, 3.63) is 12.1 Å². The van der Waals surface area contributed by atoms with Crippen molar-refractivity contribution in [2.45, 2.75) is 12.3 Å². The molecule has 0 amide bonds. The van der Waals surface area contributed by atoms with Crippen molar-refractivity contribution >= 4 is 22.9 Å². The van der Waals surface area contributed by atoms with E-state index >= 15 is 0 Å². The van der Waals surface area contributed by atoms with E-state index < -0.39 is 5.92 Å². The molecule has 0 atom stereocenters. The fraction of sp³-hybridized carbons (Fsp3) is 0.400. The minimum absolute atomic E-state index is 0.130. The molecule has 0 radical (unpaired) electrons. The third-order valence-electron chi connectivity index (χ3n) is 2.84. The Bertz CT molecular complexity index is 565. The minimum Gasteiger partial charge on any atom is -0.369 e. The smallest absolute Gasteiger partial charge is 0.266 e. The normalized spacial score (nSPS) is 19.1. The van der Waals surface area contributed by atoms with E-state index in [-0.39, 0.29) is 18.9 Å². The average Bonchev–Trinajstić information content (AvgIpc) is 2.78. The zero-order valence-electron chi connectivity index (χ0n) is 8.95. The summed E-state index contributed by atoms with van der Waals surface area (Å²) in [5.41, 5.74) is 6.66. The summed E-state index contributed by atoms with van der Waals surface area (Å²) in [6.45, 7) is 0.0246. The predicted octanol–water partition coefficient (Wildman–Crippen LogP) is 1.39. The maximum absolute atomic E-state index is 13.1. The topological polar surface area (TPSA) is 70.8 Å². The summed E-state index contributed by atoms with van der Waals surface area (Å²) >= 11 is 0. The molecule has 3 rings (SSSR count). The molecule has 0 aliphatic carbocycles. The van der Waals surface area contributed by atoms with Crippen LogP contribution in [0, 0.1) is 0 Å². The highest BCUT2D eigenvalue weighted by Gasteiger charge is 2.38. The van der Waals surface area contributed by atoms with Crippen molar-refractivity contribution in [2.24, 2.45) is 0 Å². The van der Waals surface area contributed by atoms with Crippen LogP contribution in [0.4, 0.5) is 20.5 Å². The van der Waals surface area contributed by atoms with E-state index in [9.17, 15) is 8.78 Å². The number of nitrogens with two attached hydrogens (primary N) is 1. The molecule has 3 N–H and O–H groups in total. The Kier molecular flexibility index (Phi) is 1.98. The van der Waals surface area contributed by atoms with Crippen LogP contribution in [0.5, 0.6) is 0 Å². The van der Waals surface area contributed by atoms with E-state index in [1.54, 1.807) is 17.0 Å². The monoisotopic (exact) mass is 239 g/mol. The van der Waals surface area contributed by atoms with Crippen LogP contribution < -0.4 is 10.6 Å². The molecule has 3 heterocycles. The van der Waals surface area contributed by atoms with Crippen molar-refractivity contribution in [3.8, 4) is 0 Å². The Morgan fingerprint density at radius 1 is 1.35 bits per heavy atom. The first-order chi connectivity index (χ1) is 8.03. The van der Waals surface area contributed by atoms with Gasteiger partial charge >= 0.3 is 0 Å². The second kappa shape index (κ2) is 3.28. The number of halogens is 2. The number of nitrogen functional groups attached to an aromatic ring is 1. The quantitative estimate of drug-likeness (QED) is 0.788. The molecule has 0 saturated carbocycles. The van der Waals surface area contributed by atoms with Gasteiger partial charge in [0, 0.05) is 13.0 Å². The maximum Gasteiger partial charge on any atom is 0.266 e. The Morgan fingerprint density at radius 3 is 2.88 bits per heavy atom. The molecule has 90 valence electrons. The molecule has 0 aromatic carbocycles. The van der Waals surface area contributed by atoms with Gasteiger partial charge in [0.25, 0.3) is 5.92 Å². The maximum atomic E-state index is 13.1. The van der Waals surface area contributed by atoms with Crippen molar-refractivity contribution in [2.75, 3.05) is 23.7 Å². The zero-order chi connectivity index (χ0) is 12.0. The zero-order valence-corrected chi connectivity index (χ0v) is 8.95. The van der Waals surface area contributed by atoms with Gasteiger partial charge in [-0.3, -0.25) is 0 Å². The lowest BCUT2D eigenvalue weighted by Crippen LogP contribution is -2.25. The first kappa shape index (κ1) is 10.2. The Morgan fingerprint density at radius 2 is 2.18 bits per heavy atom. The summed E-state index contributed by atoms with van der Waals surface area (Å²) in [6, 6.07) is 3.44. The number of hydrogen-bond donors (Lipinski definition) is 2. The van der Waals surface area contributed by atoms with E-state index in [1.165, 1.54) is 0 Å². The minimum atomic E-state index is -2.62. The molecular weight excluding hydrogens is 228 g/mol. The molecule has 2 aromatic rings. The summed E-state index contributed by atoms with van der Waals surface area (Å²) in [5.74, 6) is -1.83. The van der Waals surface area contributed by atoms with Gasteiger partial charge in [-0.2, -0.15) is 4.98 Å². The highest BCUT2D eigenvalue weighted by Crippen LogP contribution is 2.30. The highest BCUT2D eigenvalue weighted by atomic mass is 19.3. The van der Waals surface area contributed by atoms with Crippen molar-refractivity contribution < 1.29 is 8.78 Å². The Balaban J connectivity index is 1.96. The molecule has 7 heteroatoms. The van der Waals surface area contributed by atoms with E-state index in [0.29, 0.717) is 23.5 Å². The third-order valence-corrected chi connectivity index (χ3v) is 2.84. The Hall–Kier alpha value is -1.92. The molecule has 1 fully saturated rings. The first-order valence-electron chi connectivity index (χ1n) is 5.28. The van der Waals surface area contributed by atoms with Gasteiger partial charge in [0.05, 0.1) is 12.1 Å². The van der Waals surface area contributed by atoms with Gasteiger partial charge in [-0.05, 0) is 12.1 Å². The number of aromatic amines is 1. The van der Waals surface area contributed by atoms with E-state index in [4.69, 9.17) is 5.73 Å². The molecule has 1 saturated heterocycles. The number of nitrogens with zero attached hydrogens (tertiary/aromatic N) is 3. The van der Waals surface area contributed by atoms with Crippen LogP contribution in [0.15, 0.2) is 12.1 Å². The van der Waals surface area contributed by atoms with Gasteiger partial charge in [0.1, 0.15) is 5.82 Å². The molecule has 1 aliphatic heterocycles. The van der Waals surface area contributed by atoms with Crippen LogP contribution in [0.1, 0.15) is 6.42 Å². The number of alkyl halides is 2. The average molecular weight is 239 g/mol. The number of rotatable bonds is 1. The van der Waals surface area contributed by atoms with Crippen molar-refractivity contribution in [3.63, 3.8) is 0 Å². The summed E-state index contributed by atoms with van der Waals surface area (Å²) in [6.07, 6.45) is -0.130. The molecule has 0 spiro atoms. The predicted molar refractivity (Wildman–Crippen MR) is 60.1 cm³/mol. The second-order valence-corrected chi connectivity index (χ2v) is 4.19. The highest BCUT2D eigenvalue weighted by molar-refractivity contribution is 5.75. The summed E-state index contributed by atoms with van der Waals surface area (Å²) in [7, 11) is 0. The number of hydrogen-bond acceptors (Lipinski definition) is 4. The van der Waals surface area contributed by atoms with Gasteiger partial charge in [-0.25, -0.2) is 13.8 Å². The van der Waals surface area contributed by atoms with Gasteiger partial charge in [0.2, 0.25) is 0 Å². The second-order valence-electron chi connectivity index (χ2n) is 4.19. The summed E-state index contributed by atoms with van der Waals surface area (Å²) in [4.78, 5) is 12.6. The molecular formula is C10H11F2N5. The lowest BCUT2D eigenvalue weighted by molar-refractivity contribution is 0.0257. The molecule has 2 aromatic heterocycles. The number of nitrogens with one attached hydrogen (secondary N) is 1. The van der Waals surface area contributed by atoms with Gasteiger partial charge in [0.15, 0.2) is 11.6 Å². The van der Waals surface area contributed by atoms with Crippen LogP contribution in [-0.2, 0) is 0 Å². The fourth-order valence-electron chi connectivity index (χ4n) is 2.01. The number of aromatic nitrogens is 3. The summed E-state index contributed by atoms with van der Waals surface area (Å²) < 4.78 is 26.2. The van der Waals surface area contributed by atoms with Crippen LogP contribution in [0.25, 0.3) is 11.2 Å².